The van der Waals surface area contributed by atoms with Crippen LogP contribution >= 0.6 is 24.2 Å². The van der Waals surface area contributed by atoms with Gasteiger partial charge in [0.15, 0.2) is 0 Å². The van der Waals surface area contributed by atoms with Crippen molar-refractivity contribution in [3.63, 3.8) is 0 Å². The van der Waals surface area contributed by atoms with E-state index >= 15 is 0 Å². The van der Waals surface area contributed by atoms with Gasteiger partial charge in [-0.1, -0.05) is 12.1 Å². The maximum Gasteiger partial charge on any atom is 0.243 e. The van der Waals surface area contributed by atoms with Crippen molar-refractivity contribution >= 4 is 36.0 Å². The molecule has 1 unspecified atom stereocenters. The van der Waals surface area contributed by atoms with E-state index in [9.17, 15) is 14.0 Å². The molecule has 2 rings (SSSR count). The lowest BCUT2D eigenvalue weighted by Crippen LogP contribution is -2.31. The molecule has 0 aromatic heterocycles. The van der Waals surface area contributed by atoms with E-state index in [1.165, 1.54) is 28.8 Å². The van der Waals surface area contributed by atoms with Crippen molar-refractivity contribution in [3.05, 3.63) is 35.6 Å². The maximum atomic E-state index is 12.8. The zero-order chi connectivity index (χ0) is 13.8. The third-order valence-electron chi connectivity index (χ3n) is 2.89. The van der Waals surface area contributed by atoms with Gasteiger partial charge in [-0.25, -0.2) is 4.39 Å². The zero-order valence-electron chi connectivity index (χ0n) is 10.8. The molecule has 0 spiro atoms. The van der Waals surface area contributed by atoms with E-state index in [0.717, 1.165) is 5.56 Å². The number of hydrogen-bond donors (Lipinski definition) is 1. The topological polar surface area (TPSA) is 63.4 Å². The first-order valence-electron chi connectivity index (χ1n) is 6.02. The minimum Gasteiger partial charge on any atom is -0.330 e. The average Bonchev–Trinajstić information content (AvgIpc) is 2.66. The summed E-state index contributed by atoms with van der Waals surface area (Å²) in [6.45, 7) is 0.693. The van der Waals surface area contributed by atoms with Crippen LogP contribution in [0.2, 0.25) is 0 Å². The van der Waals surface area contributed by atoms with Crippen molar-refractivity contribution in [3.8, 4) is 0 Å². The Labute approximate surface area is 127 Å². The Balaban J connectivity index is 0.00000200. The Morgan fingerprint density at radius 1 is 1.30 bits per heavy atom. The molecule has 1 aliphatic heterocycles. The summed E-state index contributed by atoms with van der Waals surface area (Å²) < 4.78 is 12.8. The van der Waals surface area contributed by atoms with Crippen molar-refractivity contribution < 1.29 is 14.0 Å². The van der Waals surface area contributed by atoms with E-state index in [0.29, 0.717) is 12.3 Å². The van der Waals surface area contributed by atoms with Gasteiger partial charge in [-0.05, 0) is 17.7 Å². The second kappa shape index (κ2) is 7.61. The first-order valence-corrected chi connectivity index (χ1v) is 7.07. The lowest BCUT2D eigenvalue weighted by Gasteiger charge is -2.14. The Bertz CT molecular complexity index is 484. The van der Waals surface area contributed by atoms with E-state index in [1.54, 1.807) is 12.1 Å². The van der Waals surface area contributed by atoms with Gasteiger partial charge in [0.2, 0.25) is 11.8 Å². The first-order chi connectivity index (χ1) is 9.11. The van der Waals surface area contributed by atoms with Crippen LogP contribution in [0.4, 0.5) is 4.39 Å². The molecule has 4 nitrogen and oxygen atoms in total. The van der Waals surface area contributed by atoms with Crippen LogP contribution in [0.1, 0.15) is 12.0 Å². The molecule has 1 aromatic rings. The SMILES string of the molecule is Cl.NCCSC1CC(=O)N(Cc2ccc(F)cc2)C1=O. The van der Waals surface area contributed by atoms with Crippen LogP contribution in [-0.2, 0) is 16.1 Å². The highest BCUT2D eigenvalue weighted by molar-refractivity contribution is 8.00. The van der Waals surface area contributed by atoms with Gasteiger partial charge in [-0.15, -0.1) is 24.2 Å². The average molecular weight is 319 g/mol. The molecule has 1 heterocycles. The van der Waals surface area contributed by atoms with Crippen LogP contribution < -0.4 is 5.73 Å². The van der Waals surface area contributed by atoms with Crippen LogP contribution in [0.5, 0.6) is 0 Å². The molecule has 20 heavy (non-hydrogen) atoms. The molecule has 0 saturated carbocycles. The van der Waals surface area contributed by atoms with Gasteiger partial charge in [-0.3, -0.25) is 14.5 Å². The summed E-state index contributed by atoms with van der Waals surface area (Å²) in [6, 6.07) is 5.80. The quantitative estimate of drug-likeness (QED) is 0.837. The highest BCUT2D eigenvalue weighted by Crippen LogP contribution is 2.26. The largest absolute Gasteiger partial charge is 0.330 e. The summed E-state index contributed by atoms with van der Waals surface area (Å²) >= 11 is 1.42. The zero-order valence-corrected chi connectivity index (χ0v) is 12.4. The smallest absolute Gasteiger partial charge is 0.243 e. The Kier molecular flexibility index (Phi) is 6.45. The third kappa shape index (κ3) is 3.94. The van der Waals surface area contributed by atoms with Crippen LogP contribution in [-0.4, -0.2) is 34.3 Å². The number of carbonyl (C=O) groups is 2. The fraction of sp³-hybridized carbons (Fsp3) is 0.385. The van der Waals surface area contributed by atoms with Gasteiger partial charge in [0.05, 0.1) is 11.8 Å². The van der Waals surface area contributed by atoms with E-state index in [2.05, 4.69) is 0 Å². The van der Waals surface area contributed by atoms with Crippen LogP contribution in [0.25, 0.3) is 0 Å². The number of rotatable bonds is 5. The molecular weight excluding hydrogens is 303 g/mol. The lowest BCUT2D eigenvalue weighted by molar-refractivity contribution is -0.138. The van der Waals surface area contributed by atoms with E-state index in [1.807, 2.05) is 0 Å². The molecule has 1 aliphatic rings. The molecule has 0 aliphatic carbocycles. The Morgan fingerprint density at radius 2 is 1.95 bits per heavy atom. The van der Waals surface area contributed by atoms with Gasteiger partial charge in [0, 0.05) is 18.7 Å². The number of thioether (sulfide) groups is 1. The predicted molar refractivity (Wildman–Crippen MR) is 79.1 cm³/mol. The van der Waals surface area contributed by atoms with Gasteiger partial charge < -0.3 is 5.73 Å². The molecule has 110 valence electrons. The number of carbonyl (C=O) groups excluding carboxylic acids is 2. The molecular formula is C13H16ClFN2O2S. The number of hydrogen-bond acceptors (Lipinski definition) is 4. The van der Waals surface area contributed by atoms with E-state index in [-0.39, 0.29) is 48.3 Å². The summed E-state index contributed by atoms with van der Waals surface area (Å²) in [5.41, 5.74) is 6.14. The van der Waals surface area contributed by atoms with Crippen LogP contribution in [0.3, 0.4) is 0 Å². The summed E-state index contributed by atoms with van der Waals surface area (Å²) in [7, 11) is 0. The summed E-state index contributed by atoms with van der Waals surface area (Å²) in [6.07, 6.45) is 0.227. The molecule has 1 atom stereocenters. The number of amides is 2. The Hall–Kier alpha value is -1.11. The van der Waals surface area contributed by atoms with E-state index in [4.69, 9.17) is 5.73 Å². The maximum absolute atomic E-state index is 12.8. The predicted octanol–water partition coefficient (Wildman–Crippen LogP) is 1.57. The molecule has 7 heteroatoms. The number of nitrogens with zero attached hydrogens (tertiary/aromatic N) is 1. The Morgan fingerprint density at radius 3 is 2.55 bits per heavy atom. The summed E-state index contributed by atoms with van der Waals surface area (Å²) in [4.78, 5) is 25.1. The van der Waals surface area contributed by atoms with Crippen LogP contribution in [0.15, 0.2) is 24.3 Å². The van der Waals surface area contributed by atoms with E-state index < -0.39 is 0 Å². The number of nitrogens with two attached hydrogens (primary N) is 1. The fourth-order valence-corrected chi connectivity index (χ4v) is 2.88. The van der Waals surface area contributed by atoms with Crippen molar-refractivity contribution in [1.82, 2.24) is 4.90 Å². The van der Waals surface area contributed by atoms with Gasteiger partial charge in [0.1, 0.15) is 5.82 Å². The van der Waals surface area contributed by atoms with Crippen molar-refractivity contribution in [2.24, 2.45) is 5.73 Å². The first kappa shape index (κ1) is 16.9. The highest BCUT2D eigenvalue weighted by atomic mass is 35.5. The van der Waals surface area contributed by atoms with Gasteiger partial charge >= 0.3 is 0 Å². The molecule has 2 amide bonds. The monoisotopic (exact) mass is 318 g/mol. The summed E-state index contributed by atoms with van der Waals surface area (Å²) in [5.74, 6) is -0.0236. The number of likely N-dealkylation sites (tertiary alicyclic amines) is 1. The highest BCUT2D eigenvalue weighted by Gasteiger charge is 2.38. The molecule has 1 aromatic carbocycles. The summed E-state index contributed by atoms with van der Waals surface area (Å²) in [5, 5.41) is -0.323. The minimum atomic E-state index is -0.334. The molecule has 2 N–H and O–H groups in total. The molecule has 1 fully saturated rings. The number of halogens is 2. The molecule has 0 radical (unpaired) electrons. The van der Waals surface area contributed by atoms with Gasteiger partial charge in [-0.2, -0.15) is 0 Å². The minimum absolute atomic E-state index is 0. The molecule has 0 bridgehead atoms. The standard InChI is InChI=1S/C13H15FN2O2S.ClH/c14-10-3-1-9(2-4-10)8-16-12(17)7-11(13(16)18)19-6-5-15;/h1-4,11H,5-8,15H2;1H. The number of imide groups is 1. The second-order valence-corrected chi connectivity index (χ2v) is 5.61. The normalized spacial score (nSPS) is 18.3. The molecule has 1 saturated heterocycles. The van der Waals surface area contributed by atoms with Gasteiger partial charge in [0.25, 0.3) is 0 Å². The van der Waals surface area contributed by atoms with Crippen molar-refractivity contribution in [2.75, 3.05) is 12.3 Å². The van der Waals surface area contributed by atoms with Crippen LogP contribution in [0, 0.1) is 5.82 Å². The second-order valence-electron chi connectivity index (χ2n) is 4.30. The van der Waals surface area contributed by atoms with Crippen molar-refractivity contribution in [2.45, 2.75) is 18.2 Å². The third-order valence-corrected chi connectivity index (χ3v) is 4.14. The van der Waals surface area contributed by atoms with Crippen molar-refractivity contribution in [1.29, 1.82) is 0 Å². The fourth-order valence-electron chi connectivity index (χ4n) is 1.93. The number of benzene rings is 1. The lowest BCUT2D eigenvalue weighted by atomic mass is 10.2.